The van der Waals surface area contributed by atoms with Gasteiger partial charge in [-0.25, -0.2) is 0 Å². The molecule has 0 amide bonds. The molecule has 110 valence electrons. The van der Waals surface area contributed by atoms with Crippen molar-refractivity contribution >= 4 is 22.9 Å². The first-order valence-electron chi connectivity index (χ1n) is 6.61. The number of rotatable bonds is 6. The molecule has 2 rings (SSSR count). The van der Waals surface area contributed by atoms with Gasteiger partial charge in [-0.15, -0.1) is 11.3 Å². The van der Waals surface area contributed by atoms with Gasteiger partial charge in [0, 0.05) is 11.4 Å². The van der Waals surface area contributed by atoms with Crippen molar-refractivity contribution in [2.24, 2.45) is 0 Å². The number of aromatic nitrogens is 2. The summed E-state index contributed by atoms with van der Waals surface area (Å²) in [7, 11) is 6.08. The minimum Gasteiger partial charge on any atom is -0.308 e. The second-order valence-electron chi connectivity index (χ2n) is 5.09. The fourth-order valence-corrected chi connectivity index (χ4v) is 3.49. The van der Waals surface area contributed by atoms with Gasteiger partial charge in [0.1, 0.15) is 0 Å². The van der Waals surface area contributed by atoms with Crippen molar-refractivity contribution in [1.82, 2.24) is 20.0 Å². The van der Waals surface area contributed by atoms with Gasteiger partial charge in [-0.1, -0.05) is 11.6 Å². The molecule has 1 N–H and O–H groups in total. The molecule has 0 saturated heterocycles. The predicted molar refractivity (Wildman–Crippen MR) is 85.7 cm³/mol. The van der Waals surface area contributed by atoms with Crippen LogP contribution in [-0.4, -0.2) is 42.4 Å². The molecule has 0 bridgehead atoms. The highest BCUT2D eigenvalue weighted by Crippen LogP contribution is 2.32. The van der Waals surface area contributed by atoms with Crippen LogP contribution in [0, 0.1) is 6.92 Å². The van der Waals surface area contributed by atoms with Gasteiger partial charge < -0.3 is 10.2 Å². The van der Waals surface area contributed by atoms with Crippen LogP contribution in [0.15, 0.2) is 17.6 Å². The Hall–Kier alpha value is -0.880. The molecule has 20 heavy (non-hydrogen) atoms. The molecular formula is C14H21ClN4S. The molecular weight excluding hydrogens is 292 g/mol. The van der Waals surface area contributed by atoms with Crippen LogP contribution >= 0.6 is 22.9 Å². The third-order valence-electron chi connectivity index (χ3n) is 3.32. The summed E-state index contributed by atoms with van der Waals surface area (Å²) in [6.07, 6.45) is 1.74. The van der Waals surface area contributed by atoms with Gasteiger partial charge in [0.25, 0.3) is 0 Å². The molecule has 0 spiro atoms. The maximum atomic E-state index is 6.37. The van der Waals surface area contributed by atoms with E-state index in [1.807, 2.05) is 11.7 Å². The van der Waals surface area contributed by atoms with E-state index in [1.165, 1.54) is 10.4 Å². The van der Waals surface area contributed by atoms with Crippen molar-refractivity contribution in [1.29, 1.82) is 0 Å². The van der Waals surface area contributed by atoms with E-state index in [-0.39, 0.29) is 6.04 Å². The van der Waals surface area contributed by atoms with Crippen LogP contribution in [0.1, 0.15) is 22.2 Å². The lowest BCUT2D eigenvalue weighted by Crippen LogP contribution is -2.25. The van der Waals surface area contributed by atoms with Crippen molar-refractivity contribution < 1.29 is 0 Å². The molecule has 0 aliphatic carbocycles. The summed E-state index contributed by atoms with van der Waals surface area (Å²) in [6, 6.07) is 2.23. The molecule has 0 fully saturated rings. The Balaban J connectivity index is 2.34. The second-order valence-corrected chi connectivity index (χ2v) is 6.45. The number of hydrogen-bond acceptors (Lipinski definition) is 4. The van der Waals surface area contributed by atoms with Crippen LogP contribution in [0.25, 0.3) is 0 Å². The van der Waals surface area contributed by atoms with Gasteiger partial charge in [0.05, 0.1) is 29.5 Å². The average molecular weight is 313 g/mol. The first kappa shape index (κ1) is 15.5. The SMILES string of the molecule is CNC(c1sccc1C)c1c(Cl)cnn1CCN(C)C. The number of thiophene rings is 1. The fourth-order valence-electron chi connectivity index (χ4n) is 2.20. The number of likely N-dealkylation sites (N-methyl/N-ethyl adjacent to an activating group) is 1. The smallest absolute Gasteiger partial charge is 0.0857 e. The Morgan fingerprint density at radius 3 is 2.80 bits per heavy atom. The van der Waals surface area contributed by atoms with E-state index in [2.05, 4.69) is 47.8 Å². The highest BCUT2D eigenvalue weighted by atomic mass is 35.5. The predicted octanol–water partition coefficient (Wildman–Crippen LogP) is 2.78. The monoisotopic (exact) mass is 312 g/mol. The summed E-state index contributed by atoms with van der Waals surface area (Å²) >= 11 is 8.12. The van der Waals surface area contributed by atoms with Gasteiger partial charge in [0.15, 0.2) is 0 Å². The molecule has 1 unspecified atom stereocenters. The largest absolute Gasteiger partial charge is 0.308 e. The fraction of sp³-hybridized carbons (Fsp3) is 0.500. The zero-order chi connectivity index (χ0) is 14.7. The molecule has 0 saturated carbocycles. The van der Waals surface area contributed by atoms with Gasteiger partial charge in [-0.05, 0) is 45.1 Å². The molecule has 4 nitrogen and oxygen atoms in total. The van der Waals surface area contributed by atoms with Gasteiger partial charge in [-0.3, -0.25) is 4.68 Å². The summed E-state index contributed by atoms with van der Waals surface area (Å²) in [6.45, 7) is 3.90. The zero-order valence-corrected chi connectivity index (χ0v) is 13.9. The van der Waals surface area contributed by atoms with Crippen molar-refractivity contribution in [2.75, 3.05) is 27.7 Å². The van der Waals surface area contributed by atoms with E-state index < -0.39 is 0 Å². The number of nitrogens with zero attached hydrogens (tertiary/aromatic N) is 3. The van der Waals surface area contributed by atoms with Crippen molar-refractivity contribution in [3.63, 3.8) is 0 Å². The summed E-state index contributed by atoms with van der Waals surface area (Å²) in [5, 5.41) is 10.6. The van der Waals surface area contributed by atoms with E-state index in [0.29, 0.717) is 0 Å². The summed E-state index contributed by atoms with van der Waals surface area (Å²) in [5.41, 5.74) is 2.33. The minimum atomic E-state index is 0.0900. The molecule has 1 atom stereocenters. The van der Waals surface area contributed by atoms with E-state index in [4.69, 9.17) is 11.6 Å². The second kappa shape index (κ2) is 6.72. The molecule has 0 aromatic carbocycles. The molecule has 0 aliphatic heterocycles. The average Bonchev–Trinajstić information content (AvgIpc) is 2.97. The zero-order valence-electron chi connectivity index (χ0n) is 12.4. The third kappa shape index (κ3) is 3.23. The molecule has 2 aromatic heterocycles. The quantitative estimate of drug-likeness (QED) is 0.890. The van der Waals surface area contributed by atoms with Gasteiger partial charge in [0.2, 0.25) is 0 Å². The van der Waals surface area contributed by atoms with E-state index in [1.54, 1.807) is 17.5 Å². The Morgan fingerprint density at radius 2 is 2.25 bits per heavy atom. The molecule has 6 heteroatoms. The van der Waals surface area contributed by atoms with Crippen molar-refractivity contribution in [3.05, 3.63) is 38.8 Å². The van der Waals surface area contributed by atoms with Crippen LogP contribution in [0.3, 0.4) is 0 Å². The maximum Gasteiger partial charge on any atom is 0.0857 e. The summed E-state index contributed by atoms with van der Waals surface area (Å²) in [5.74, 6) is 0. The number of aryl methyl sites for hydroxylation is 1. The van der Waals surface area contributed by atoms with Crippen LogP contribution in [0.2, 0.25) is 5.02 Å². The number of hydrogen-bond donors (Lipinski definition) is 1. The normalized spacial score (nSPS) is 13.1. The molecule has 0 aliphatic rings. The van der Waals surface area contributed by atoms with Crippen molar-refractivity contribution in [2.45, 2.75) is 19.5 Å². The van der Waals surface area contributed by atoms with Crippen LogP contribution in [-0.2, 0) is 6.54 Å². The van der Waals surface area contributed by atoms with Gasteiger partial charge >= 0.3 is 0 Å². The van der Waals surface area contributed by atoms with Gasteiger partial charge in [-0.2, -0.15) is 5.10 Å². The first-order valence-corrected chi connectivity index (χ1v) is 7.87. The number of halogens is 1. The Morgan fingerprint density at radius 1 is 1.50 bits per heavy atom. The molecule has 0 radical (unpaired) electrons. The van der Waals surface area contributed by atoms with Crippen molar-refractivity contribution in [3.8, 4) is 0 Å². The third-order valence-corrected chi connectivity index (χ3v) is 4.69. The lowest BCUT2D eigenvalue weighted by Gasteiger charge is -2.19. The lowest BCUT2D eigenvalue weighted by atomic mass is 10.1. The first-order chi connectivity index (χ1) is 9.54. The molecule has 2 heterocycles. The Bertz CT molecular complexity index is 561. The maximum absolute atomic E-state index is 6.37. The highest BCUT2D eigenvalue weighted by molar-refractivity contribution is 7.10. The molecule has 2 aromatic rings. The van der Waals surface area contributed by atoms with E-state index >= 15 is 0 Å². The summed E-state index contributed by atoms with van der Waals surface area (Å²) < 4.78 is 2.00. The standard InChI is InChI=1S/C14H21ClN4S/c1-10-5-8-20-14(10)12(16-2)13-11(15)9-17-19(13)7-6-18(3)4/h5,8-9,12,16H,6-7H2,1-4H3. The lowest BCUT2D eigenvalue weighted by molar-refractivity contribution is 0.366. The Labute approximate surface area is 129 Å². The van der Waals surface area contributed by atoms with E-state index in [9.17, 15) is 0 Å². The van der Waals surface area contributed by atoms with Crippen LogP contribution < -0.4 is 5.32 Å². The minimum absolute atomic E-state index is 0.0900. The topological polar surface area (TPSA) is 33.1 Å². The number of nitrogens with one attached hydrogen (secondary N) is 1. The van der Waals surface area contributed by atoms with E-state index in [0.717, 1.165) is 23.8 Å². The Kier molecular flexibility index (Phi) is 5.21. The van der Waals surface area contributed by atoms with Crippen LogP contribution in [0.5, 0.6) is 0 Å². The van der Waals surface area contributed by atoms with Crippen LogP contribution in [0.4, 0.5) is 0 Å². The highest BCUT2D eigenvalue weighted by Gasteiger charge is 2.23. The summed E-state index contributed by atoms with van der Waals surface area (Å²) in [4.78, 5) is 3.44.